The number of carboxylic acid groups (broad SMARTS) is 2. The Morgan fingerprint density at radius 3 is 1.65 bits per heavy atom. The summed E-state index contributed by atoms with van der Waals surface area (Å²) in [6, 6.07) is 0. The van der Waals surface area contributed by atoms with E-state index < -0.39 is 24.0 Å². The maximum atomic E-state index is 10.4. The molecule has 0 bridgehead atoms. The van der Waals surface area contributed by atoms with Crippen LogP contribution in [0, 0.1) is 0 Å². The first-order valence-corrected chi connectivity index (χ1v) is 6.05. The van der Waals surface area contributed by atoms with Gasteiger partial charge in [0, 0.05) is 11.6 Å². The zero-order valence-corrected chi connectivity index (χ0v) is 12.9. The molecule has 0 aromatic carbocycles. The molecule has 23 heavy (non-hydrogen) atoms. The number of carboxylic acids is 2. The topological polar surface area (TPSA) is 162 Å². The molecule has 0 aliphatic rings. The van der Waals surface area contributed by atoms with E-state index >= 15 is 0 Å². The summed E-state index contributed by atoms with van der Waals surface area (Å²) in [5.74, 6) is -2.73. The van der Waals surface area contributed by atoms with Crippen molar-refractivity contribution in [1.82, 2.24) is 0 Å². The highest BCUT2D eigenvalue weighted by molar-refractivity contribution is 5.87. The van der Waals surface area contributed by atoms with E-state index in [-0.39, 0.29) is 24.4 Å². The van der Waals surface area contributed by atoms with Crippen molar-refractivity contribution >= 4 is 17.9 Å². The minimum absolute atomic E-state index is 0.0415. The Hall–Kier alpha value is -2.49. The third-order valence-electron chi connectivity index (χ3n) is 1.64. The molecule has 0 aromatic heterocycles. The fraction of sp³-hybridized carbons (Fsp3) is 0.357. The normalized spacial score (nSPS) is 9.57. The molecule has 9 heteroatoms. The van der Waals surface area contributed by atoms with Gasteiger partial charge in [-0.3, -0.25) is 0 Å². The highest BCUT2D eigenvalue weighted by Crippen LogP contribution is 1.92. The maximum absolute atomic E-state index is 10.4. The van der Waals surface area contributed by atoms with Crippen LogP contribution >= 0.6 is 0 Å². The summed E-state index contributed by atoms with van der Waals surface area (Å²) in [5.41, 5.74) is 0.134. The third kappa shape index (κ3) is 21.9. The number of hydrogen-bond acceptors (Lipinski definition) is 7. The fourth-order valence-corrected chi connectivity index (χ4v) is 0.303. The second kappa shape index (κ2) is 15.9. The van der Waals surface area contributed by atoms with E-state index in [0.717, 1.165) is 12.3 Å². The van der Waals surface area contributed by atoms with Crippen LogP contribution in [0.4, 0.5) is 0 Å². The first-order chi connectivity index (χ1) is 10.5. The zero-order chi connectivity index (χ0) is 19.0. The Morgan fingerprint density at radius 1 is 1.09 bits per heavy atom. The van der Waals surface area contributed by atoms with Gasteiger partial charge in [0.1, 0.15) is 12.4 Å². The molecule has 0 amide bonds. The molecule has 0 aliphatic carbocycles. The molecule has 0 heterocycles. The number of aliphatic hydroxyl groups excluding tert-OH is 3. The number of hydrogen-bond donors (Lipinski definition) is 5. The van der Waals surface area contributed by atoms with Gasteiger partial charge in [-0.05, 0) is 13.8 Å². The average molecular weight is 334 g/mol. The molecule has 0 aliphatic heterocycles. The van der Waals surface area contributed by atoms with Crippen LogP contribution in [-0.2, 0) is 19.1 Å². The first-order valence-electron chi connectivity index (χ1n) is 6.05. The van der Waals surface area contributed by atoms with Gasteiger partial charge in [-0.15, -0.1) is 0 Å². The number of rotatable bonds is 6. The van der Waals surface area contributed by atoms with Gasteiger partial charge in [0.15, 0.2) is 0 Å². The molecule has 0 spiro atoms. The van der Waals surface area contributed by atoms with Crippen LogP contribution in [-0.4, -0.2) is 62.8 Å². The molecule has 0 aromatic rings. The van der Waals surface area contributed by atoms with Crippen molar-refractivity contribution in [2.24, 2.45) is 0 Å². The smallest absolute Gasteiger partial charge is 0.334 e. The maximum Gasteiger partial charge on any atom is 0.334 e. The van der Waals surface area contributed by atoms with Crippen molar-refractivity contribution in [1.29, 1.82) is 0 Å². The van der Waals surface area contributed by atoms with Crippen molar-refractivity contribution < 1.29 is 44.7 Å². The summed E-state index contributed by atoms with van der Waals surface area (Å²) < 4.78 is 4.31. The Kier molecular flexibility index (Phi) is 17.6. The quantitative estimate of drug-likeness (QED) is 0.249. The van der Waals surface area contributed by atoms with E-state index in [4.69, 9.17) is 25.5 Å². The number of carbonyl (C=O) groups is 3. The van der Waals surface area contributed by atoms with Crippen molar-refractivity contribution in [3.8, 4) is 0 Å². The molecular weight excluding hydrogens is 312 g/mol. The predicted molar refractivity (Wildman–Crippen MR) is 80.3 cm³/mol. The molecule has 0 fully saturated rings. The summed E-state index contributed by atoms with van der Waals surface area (Å²) in [6.07, 6.45) is 0.864. The molecule has 0 unspecified atom stereocenters. The summed E-state index contributed by atoms with van der Waals surface area (Å²) >= 11 is 0. The van der Waals surface area contributed by atoms with Gasteiger partial charge >= 0.3 is 17.9 Å². The number of carbonyl (C=O) groups excluding carboxylic acids is 1. The van der Waals surface area contributed by atoms with Gasteiger partial charge in [-0.25, -0.2) is 14.4 Å². The summed E-state index contributed by atoms with van der Waals surface area (Å²) in [6.45, 7) is 8.32. The van der Waals surface area contributed by atoms with E-state index in [0.29, 0.717) is 0 Å². The largest absolute Gasteiger partial charge is 0.478 e. The summed E-state index contributed by atoms with van der Waals surface area (Å²) in [7, 11) is 0. The summed E-state index contributed by atoms with van der Waals surface area (Å²) in [5, 5.41) is 40.2. The number of aliphatic hydroxyl groups is 3. The lowest BCUT2D eigenvalue weighted by molar-refractivity contribution is -0.134. The van der Waals surface area contributed by atoms with Gasteiger partial charge in [-0.1, -0.05) is 13.2 Å². The van der Waals surface area contributed by atoms with Crippen molar-refractivity contribution in [2.45, 2.75) is 20.0 Å². The second-order valence-electron chi connectivity index (χ2n) is 3.85. The fourth-order valence-electron chi connectivity index (χ4n) is 0.303. The third-order valence-corrected chi connectivity index (χ3v) is 1.64. The molecule has 9 nitrogen and oxygen atoms in total. The first kappa shape index (κ1) is 25.5. The predicted octanol–water partition coefficient (Wildman–Crippen LogP) is -0.317. The molecule has 0 rings (SSSR count). The highest BCUT2D eigenvalue weighted by atomic mass is 16.5. The Bertz CT molecular complexity index is 422. The molecule has 0 atom stereocenters. The molecule has 0 saturated heterocycles. The van der Waals surface area contributed by atoms with E-state index in [1.54, 1.807) is 0 Å². The molecule has 0 radical (unpaired) electrons. The Balaban J connectivity index is -0.000000284. The van der Waals surface area contributed by atoms with Gasteiger partial charge in [0.25, 0.3) is 0 Å². The molecule has 5 N–H and O–H groups in total. The number of esters is 1. The highest BCUT2D eigenvalue weighted by Gasteiger charge is 2.00. The van der Waals surface area contributed by atoms with Crippen LogP contribution in [0.2, 0.25) is 0 Å². The van der Waals surface area contributed by atoms with E-state index in [2.05, 4.69) is 17.9 Å². The van der Waals surface area contributed by atoms with Crippen LogP contribution in [0.3, 0.4) is 0 Å². The molecule has 132 valence electrons. The monoisotopic (exact) mass is 334 g/mol. The molecular formula is C14H22O9. The van der Waals surface area contributed by atoms with Gasteiger partial charge in [-0.2, -0.15) is 0 Å². The summed E-state index contributed by atoms with van der Waals surface area (Å²) in [4.78, 5) is 30.1. The van der Waals surface area contributed by atoms with Crippen LogP contribution in [0.25, 0.3) is 0 Å². The number of aliphatic carboxylic acids is 2. The lowest BCUT2D eigenvalue weighted by Gasteiger charge is -1.96. The van der Waals surface area contributed by atoms with Crippen LogP contribution in [0.5, 0.6) is 0 Å². The van der Waals surface area contributed by atoms with Crippen LogP contribution in [0.15, 0.2) is 36.6 Å². The standard InChI is InChI=1S/C7H8O4.C4H6O2.C3H8O3/c1-3-6(8)11-4-5(2)7(9)10;1-3(2)4(5)6;4-1-3(6)2-5/h3-4H,1H2,2H3,(H,9,10);1H2,2H3,(H,5,6);3-6H,1-2H2. The van der Waals surface area contributed by atoms with Crippen LogP contribution in [0.1, 0.15) is 13.8 Å². The van der Waals surface area contributed by atoms with Crippen LogP contribution < -0.4 is 0 Å². The van der Waals surface area contributed by atoms with Gasteiger partial charge in [0.2, 0.25) is 0 Å². The van der Waals surface area contributed by atoms with Crippen molar-refractivity contribution in [2.75, 3.05) is 13.2 Å². The Labute approximate surface area is 133 Å². The minimum Gasteiger partial charge on any atom is -0.478 e. The lowest BCUT2D eigenvalue weighted by atomic mass is 10.3. The minimum atomic E-state index is -1.12. The second-order valence-corrected chi connectivity index (χ2v) is 3.85. The molecule has 0 saturated carbocycles. The average Bonchev–Trinajstić information content (AvgIpc) is 2.52. The number of ether oxygens (including phenoxy) is 1. The lowest BCUT2D eigenvalue weighted by Crippen LogP contribution is -2.15. The van der Waals surface area contributed by atoms with Crippen molar-refractivity contribution in [3.63, 3.8) is 0 Å². The van der Waals surface area contributed by atoms with Crippen molar-refractivity contribution in [3.05, 3.63) is 36.6 Å². The Morgan fingerprint density at radius 2 is 1.48 bits per heavy atom. The van der Waals surface area contributed by atoms with E-state index in [9.17, 15) is 14.4 Å². The van der Waals surface area contributed by atoms with E-state index in [1.807, 2.05) is 0 Å². The zero-order valence-electron chi connectivity index (χ0n) is 12.9. The van der Waals surface area contributed by atoms with Gasteiger partial charge < -0.3 is 30.3 Å². The van der Waals surface area contributed by atoms with E-state index in [1.165, 1.54) is 13.8 Å². The van der Waals surface area contributed by atoms with Gasteiger partial charge in [0.05, 0.1) is 18.8 Å². The SMILES string of the molecule is C=C(C)C(=O)O.C=CC(=O)OC=C(C)C(=O)O.OCC(O)CO.